The Bertz CT molecular complexity index is 513. The molecule has 1 aliphatic rings. The lowest BCUT2D eigenvalue weighted by molar-refractivity contribution is -0.197. The van der Waals surface area contributed by atoms with Gasteiger partial charge >= 0.3 is 0 Å². The first kappa shape index (κ1) is 24.7. The fourth-order valence-electron chi connectivity index (χ4n) is 3.32. The Hall–Kier alpha value is -0.590. The minimum absolute atomic E-state index is 0.0492. The topological polar surface area (TPSA) is 36.9 Å². The van der Waals surface area contributed by atoms with Crippen molar-refractivity contribution in [2.45, 2.75) is 94.4 Å². The van der Waals surface area contributed by atoms with Crippen molar-refractivity contribution in [1.82, 2.24) is 0 Å². The predicted octanol–water partition coefficient (Wildman–Crippen LogP) is 6.08. The molecule has 0 N–H and O–H groups in total. The Morgan fingerprint density at radius 3 is 2.24 bits per heavy atom. The van der Waals surface area contributed by atoms with Gasteiger partial charge in [0.05, 0.1) is 12.7 Å². The second-order valence-corrected chi connectivity index (χ2v) is 8.88. The molecular weight excluding hydrogens is 384 g/mol. The molecule has 166 valence electrons. The van der Waals surface area contributed by atoms with Crippen molar-refractivity contribution in [3.63, 3.8) is 0 Å². The summed E-state index contributed by atoms with van der Waals surface area (Å²) in [6.45, 7) is 9.43. The van der Waals surface area contributed by atoms with Gasteiger partial charge in [0.2, 0.25) is 0 Å². The lowest BCUT2D eigenvalue weighted by atomic mass is 10.0. The minimum Gasteiger partial charge on any atom is -0.379 e. The Balaban J connectivity index is 2.05. The van der Waals surface area contributed by atoms with Crippen LogP contribution < -0.4 is 0 Å². The molecule has 0 aliphatic carbocycles. The highest BCUT2D eigenvalue weighted by Crippen LogP contribution is 2.35. The van der Waals surface area contributed by atoms with E-state index in [0.717, 1.165) is 64.8 Å². The smallest absolute Gasteiger partial charge is 0.112 e. The van der Waals surface area contributed by atoms with Gasteiger partial charge in [-0.05, 0) is 31.4 Å². The highest BCUT2D eigenvalue weighted by molar-refractivity contribution is 7.99. The zero-order chi connectivity index (χ0) is 20.7. The molecule has 0 radical (unpaired) electrons. The van der Waals surface area contributed by atoms with Crippen molar-refractivity contribution in [3.8, 4) is 0 Å². The molecule has 0 aromatic heterocycles. The molecule has 5 heteroatoms. The van der Waals surface area contributed by atoms with Crippen LogP contribution in [0.4, 0.5) is 0 Å². The Kier molecular flexibility index (Phi) is 13.0. The minimum atomic E-state index is -0.0923. The standard InChI is InChI=1S/C24H40O4S/c1-4-7-15-25-19-22-24(27-17-9-6-3)21(26-16-8-5-2)18-23(28-22)29-20-13-11-10-12-14-20/h10-14,21-24H,4-9,15-19H2,1-3H3/t21-,22?,23+,24+/m1/s1. The van der Waals surface area contributed by atoms with Gasteiger partial charge in [-0.25, -0.2) is 0 Å². The SMILES string of the molecule is CCCCOCC1O[C@@H](Sc2ccccc2)C[C@@H](OCCCC)[C@@H]1OCCCC. The van der Waals surface area contributed by atoms with Crippen molar-refractivity contribution in [2.75, 3.05) is 26.4 Å². The van der Waals surface area contributed by atoms with Gasteiger partial charge in [0.25, 0.3) is 0 Å². The van der Waals surface area contributed by atoms with E-state index in [2.05, 4.69) is 45.0 Å². The van der Waals surface area contributed by atoms with E-state index in [-0.39, 0.29) is 23.7 Å². The highest BCUT2D eigenvalue weighted by Gasteiger charge is 2.40. The summed E-state index contributed by atoms with van der Waals surface area (Å²) < 4.78 is 25.1. The Morgan fingerprint density at radius 2 is 1.55 bits per heavy atom. The van der Waals surface area contributed by atoms with E-state index in [1.54, 1.807) is 11.8 Å². The number of ether oxygens (including phenoxy) is 4. The highest BCUT2D eigenvalue weighted by atomic mass is 32.2. The van der Waals surface area contributed by atoms with Gasteiger partial charge in [0.1, 0.15) is 17.6 Å². The fraction of sp³-hybridized carbons (Fsp3) is 0.750. The van der Waals surface area contributed by atoms with E-state index < -0.39 is 0 Å². The molecule has 0 amide bonds. The van der Waals surface area contributed by atoms with E-state index in [9.17, 15) is 0 Å². The average molecular weight is 425 g/mol. The maximum Gasteiger partial charge on any atom is 0.112 e. The van der Waals surface area contributed by atoms with E-state index in [1.165, 1.54) is 4.90 Å². The normalized spacial score (nSPS) is 24.7. The number of benzene rings is 1. The zero-order valence-corrected chi connectivity index (χ0v) is 19.3. The van der Waals surface area contributed by atoms with Crippen LogP contribution in [0.1, 0.15) is 65.7 Å². The first-order valence-corrected chi connectivity index (χ1v) is 12.3. The monoisotopic (exact) mass is 424 g/mol. The van der Waals surface area contributed by atoms with Gasteiger partial charge in [-0.2, -0.15) is 0 Å². The summed E-state index contributed by atoms with van der Waals surface area (Å²) in [4.78, 5) is 1.22. The second-order valence-electron chi connectivity index (χ2n) is 7.65. The molecule has 1 fully saturated rings. The molecule has 2 rings (SSSR count). The van der Waals surface area contributed by atoms with Crippen LogP contribution >= 0.6 is 11.8 Å². The van der Waals surface area contributed by atoms with Crippen molar-refractivity contribution >= 4 is 11.8 Å². The summed E-state index contributed by atoms with van der Waals surface area (Å²) in [6, 6.07) is 10.5. The Labute approximate surface area is 182 Å². The third-order valence-electron chi connectivity index (χ3n) is 5.06. The molecule has 4 nitrogen and oxygen atoms in total. The first-order chi connectivity index (χ1) is 14.3. The summed E-state index contributed by atoms with van der Waals surface area (Å²) in [7, 11) is 0. The van der Waals surface area contributed by atoms with Crippen LogP contribution in [0.15, 0.2) is 35.2 Å². The summed E-state index contributed by atoms with van der Waals surface area (Å²) in [6.07, 6.45) is 7.34. The molecule has 1 saturated heterocycles. The van der Waals surface area contributed by atoms with Crippen LogP contribution in [0.2, 0.25) is 0 Å². The van der Waals surface area contributed by atoms with Crippen molar-refractivity contribution < 1.29 is 18.9 Å². The van der Waals surface area contributed by atoms with Crippen LogP contribution in [0.3, 0.4) is 0 Å². The van der Waals surface area contributed by atoms with Crippen molar-refractivity contribution in [1.29, 1.82) is 0 Å². The van der Waals surface area contributed by atoms with Gasteiger partial charge in [-0.3, -0.25) is 0 Å². The number of unbranched alkanes of at least 4 members (excludes halogenated alkanes) is 3. The zero-order valence-electron chi connectivity index (χ0n) is 18.5. The summed E-state index contributed by atoms with van der Waals surface area (Å²) in [5, 5.41) is 0. The Morgan fingerprint density at radius 1 is 0.897 bits per heavy atom. The molecule has 1 aromatic rings. The molecule has 29 heavy (non-hydrogen) atoms. The van der Waals surface area contributed by atoms with E-state index in [1.807, 2.05) is 6.07 Å². The largest absolute Gasteiger partial charge is 0.379 e. The lowest BCUT2D eigenvalue weighted by Gasteiger charge is -2.41. The van der Waals surface area contributed by atoms with Gasteiger partial charge < -0.3 is 18.9 Å². The molecule has 1 aliphatic heterocycles. The average Bonchev–Trinajstić information content (AvgIpc) is 2.74. The molecule has 1 aromatic carbocycles. The third kappa shape index (κ3) is 9.39. The van der Waals surface area contributed by atoms with Crippen molar-refractivity contribution in [2.24, 2.45) is 0 Å². The first-order valence-electron chi connectivity index (χ1n) is 11.5. The second kappa shape index (κ2) is 15.2. The molecular formula is C24H40O4S. The number of hydrogen-bond acceptors (Lipinski definition) is 5. The molecule has 1 unspecified atom stereocenters. The van der Waals surface area contributed by atoms with Gasteiger partial charge in [0, 0.05) is 31.1 Å². The number of rotatable bonds is 15. The van der Waals surface area contributed by atoms with Crippen LogP contribution in [0.5, 0.6) is 0 Å². The van der Waals surface area contributed by atoms with Crippen LogP contribution in [-0.2, 0) is 18.9 Å². The van der Waals surface area contributed by atoms with E-state index >= 15 is 0 Å². The van der Waals surface area contributed by atoms with Gasteiger partial charge in [-0.15, -0.1) is 0 Å². The van der Waals surface area contributed by atoms with Gasteiger partial charge in [-0.1, -0.05) is 70.0 Å². The fourth-order valence-corrected chi connectivity index (χ4v) is 4.42. The summed E-state index contributed by atoms with van der Waals surface area (Å²) >= 11 is 1.77. The molecule has 0 saturated carbocycles. The predicted molar refractivity (Wildman–Crippen MR) is 121 cm³/mol. The van der Waals surface area contributed by atoms with Crippen molar-refractivity contribution in [3.05, 3.63) is 30.3 Å². The quantitative estimate of drug-likeness (QED) is 0.319. The van der Waals surface area contributed by atoms with Gasteiger partial charge in [0.15, 0.2) is 0 Å². The lowest BCUT2D eigenvalue weighted by Crippen LogP contribution is -2.52. The van der Waals surface area contributed by atoms with E-state index in [4.69, 9.17) is 18.9 Å². The molecule has 1 heterocycles. The van der Waals surface area contributed by atoms with Crippen LogP contribution in [0, 0.1) is 0 Å². The van der Waals surface area contributed by atoms with Crippen LogP contribution in [-0.4, -0.2) is 50.2 Å². The van der Waals surface area contributed by atoms with E-state index in [0.29, 0.717) is 6.61 Å². The maximum atomic E-state index is 6.48. The maximum absolute atomic E-state index is 6.48. The number of hydrogen-bond donors (Lipinski definition) is 0. The third-order valence-corrected chi connectivity index (χ3v) is 6.17. The molecule has 4 atom stereocenters. The van der Waals surface area contributed by atoms with Crippen LogP contribution in [0.25, 0.3) is 0 Å². The molecule has 0 bridgehead atoms. The number of thioether (sulfide) groups is 1. The molecule has 0 spiro atoms. The summed E-state index contributed by atoms with van der Waals surface area (Å²) in [5.74, 6) is 0. The summed E-state index contributed by atoms with van der Waals surface area (Å²) in [5.41, 5.74) is 0.0508.